The summed E-state index contributed by atoms with van der Waals surface area (Å²) in [5.74, 6) is -1.47. The standard InChI is InChI=1S/C19H26N2O5/c1-4-25-18(23)14-9-13(10-15(11-14)19(24)26-5-2)17(22)20-16-7-6-8-21(3)12-16/h9-11,16H,4-8,12H2,1-3H3,(H,20,22)/t16-/m1/s1. The average molecular weight is 362 g/mol. The van der Waals surface area contributed by atoms with Crippen molar-refractivity contribution in [2.45, 2.75) is 32.7 Å². The molecule has 0 saturated carbocycles. The summed E-state index contributed by atoms with van der Waals surface area (Å²) in [5, 5.41) is 2.98. The first-order valence-electron chi connectivity index (χ1n) is 8.93. The summed E-state index contributed by atoms with van der Waals surface area (Å²) >= 11 is 0. The molecule has 1 aliphatic rings. The van der Waals surface area contributed by atoms with E-state index in [0.29, 0.717) is 0 Å². The lowest BCUT2D eigenvalue weighted by Crippen LogP contribution is -2.46. The minimum atomic E-state index is -0.579. The molecule has 1 amide bonds. The highest BCUT2D eigenvalue weighted by molar-refractivity contribution is 6.02. The van der Waals surface area contributed by atoms with E-state index in [-0.39, 0.29) is 41.9 Å². The molecular formula is C19H26N2O5. The van der Waals surface area contributed by atoms with Crippen LogP contribution in [0.15, 0.2) is 18.2 Å². The van der Waals surface area contributed by atoms with E-state index in [1.807, 2.05) is 7.05 Å². The molecule has 0 radical (unpaired) electrons. The Labute approximate surface area is 153 Å². The molecule has 0 bridgehead atoms. The number of nitrogens with one attached hydrogen (secondary N) is 1. The van der Waals surface area contributed by atoms with Crippen LogP contribution in [0.5, 0.6) is 0 Å². The van der Waals surface area contributed by atoms with Gasteiger partial charge in [0.15, 0.2) is 0 Å². The molecule has 26 heavy (non-hydrogen) atoms. The molecule has 1 aromatic carbocycles. The van der Waals surface area contributed by atoms with Gasteiger partial charge in [0, 0.05) is 18.2 Å². The second kappa shape index (κ2) is 9.33. The SMILES string of the molecule is CCOC(=O)c1cc(C(=O)N[C@@H]2CCCN(C)C2)cc(C(=O)OCC)c1. The van der Waals surface area contributed by atoms with Gasteiger partial charge in [-0.15, -0.1) is 0 Å². The Morgan fingerprint density at radius 3 is 2.08 bits per heavy atom. The zero-order valence-electron chi connectivity index (χ0n) is 15.5. The van der Waals surface area contributed by atoms with Crippen LogP contribution in [0.25, 0.3) is 0 Å². The van der Waals surface area contributed by atoms with E-state index >= 15 is 0 Å². The molecule has 0 aromatic heterocycles. The quantitative estimate of drug-likeness (QED) is 0.778. The van der Waals surface area contributed by atoms with Crippen LogP contribution in [0.4, 0.5) is 0 Å². The number of carbonyl (C=O) groups excluding carboxylic acids is 3. The zero-order valence-corrected chi connectivity index (χ0v) is 15.5. The van der Waals surface area contributed by atoms with E-state index in [1.165, 1.54) is 18.2 Å². The third kappa shape index (κ3) is 5.29. The van der Waals surface area contributed by atoms with Gasteiger partial charge in [-0.25, -0.2) is 9.59 Å². The first-order chi connectivity index (χ1) is 12.4. The second-order valence-corrected chi connectivity index (χ2v) is 6.31. The number of amides is 1. The lowest BCUT2D eigenvalue weighted by molar-refractivity contribution is 0.0525. The smallest absolute Gasteiger partial charge is 0.338 e. The minimum absolute atomic E-state index is 0.0403. The van der Waals surface area contributed by atoms with Gasteiger partial charge in [0.25, 0.3) is 5.91 Å². The summed E-state index contributed by atoms with van der Waals surface area (Å²) in [6.07, 6.45) is 1.91. The van der Waals surface area contributed by atoms with Crippen LogP contribution >= 0.6 is 0 Å². The fourth-order valence-electron chi connectivity index (χ4n) is 2.98. The van der Waals surface area contributed by atoms with Gasteiger partial charge in [0.05, 0.1) is 24.3 Å². The number of hydrogen-bond donors (Lipinski definition) is 1. The largest absolute Gasteiger partial charge is 0.462 e. The topological polar surface area (TPSA) is 84.9 Å². The maximum absolute atomic E-state index is 12.7. The third-order valence-corrected chi connectivity index (χ3v) is 4.18. The van der Waals surface area contributed by atoms with Gasteiger partial charge < -0.3 is 19.7 Å². The number of esters is 2. The lowest BCUT2D eigenvalue weighted by Gasteiger charge is -2.30. The van der Waals surface area contributed by atoms with Crippen molar-refractivity contribution in [3.63, 3.8) is 0 Å². The van der Waals surface area contributed by atoms with Gasteiger partial charge >= 0.3 is 11.9 Å². The van der Waals surface area contributed by atoms with Crippen molar-refractivity contribution in [1.29, 1.82) is 0 Å². The van der Waals surface area contributed by atoms with Crippen LogP contribution < -0.4 is 5.32 Å². The Balaban J connectivity index is 2.25. The molecule has 142 valence electrons. The highest BCUT2D eigenvalue weighted by Gasteiger charge is 2.22. The number of rotatable bonds is 6. The average Bonchev–Trinajstić information content (AvgIpc) is 2.61. The van der Waals surface area contributed by atoms with E-state index in [0.717, 1.165) is 25.9 Å². The Bertz CT molecular complexity index is 638. The molecule has 7 heteroatoms. The molecule has 0 spiro atoms. The fourth-order valence-corrected chi connectivity index (χ4v) is 2.98. The van der Waals surface area contributed by atoms with Crippen molar-refractivity contribution < 1.29 is 23.9 Å². The molecule has 1 N–H and O–H groups in total. The molecular weight excluding hydrogens is 336 g/mol. The molecule has 7 nitrogen and oxygen atoms in total. The molecule has 1 aliphatic heterocycles. The van der Waals surface area contributed by atoms with Crippen LogP contribution in [-0.2, 0) is 9.47 Å². The number of ether oxygens (including phenoxy) is 2. The minimum Gasteiger partial charge on any atom is -0.462 e. The molecule has 1 fully saturated rings. The summed E-state index contributed by atoms with van der Waals surface area (Å²) < 4.78 is 9.98. The van der Waals surface area contributed by atoms with Gasteiger partial charge in [-0.05, 0) is 58.5 Å². The second-order valence-electron chi connectivity index (χ2n) is 6.31. The van der Waals surface area contributed by atoms with Crippen molar-refractivity contribution in [2.75, 3.05) is 33.4 Å². The number of nitrogens with zero attached hydrogens (tertiary/aromatic N) is 1. The first kappa shape index (κ1) is 19.9. The van der Waals surface area contributed by atoms with E-state index in [9.17, 15) is 14.4 Å². The van der Waals surface area contributed by atoms with Crippen LogP contribution in [0, 0.1) is 0 Å². The summed E-state index contributed by atoms with van der Waals surface area (Å²) in [4.78, 5) is 39.0. The van der Waals surface area contributed by atoms with Gasteiger partial charge in [-0.3, -0.25) is 4.79 Å². The summed E-state index contributed by atoms with van der Waals surface area (Å²) in [7, 11) is 2.01. The van der Waals surface area contributed by atoms with Gasteiger partial charge in [0.2, 0.25) is 0 Å². The van der Waals surface area contributed by atoms with Gasteiger partial charge in [-0.1, -0.05) is 0 Å². The maximum atomic E-state index is 12.7. The number of benzene rings is 1. The predicted molar refractivity (Wildman–Crippen MR) is 96.3 cm³/mol. The number of piperidine rings is 1. The molecule has 1 saturated heterocycles. The molecule has 2 rings (SSSR count). The highest BCUT2D eigenvalue weighted by atomic mass is 16.5. The van der Waals surface area contributed by atoms with E-state index in [1.54, 1.807) is 13.8 Å². The lowest BCUT2D eigenvalue weighted by atomic mass is 10.0. The van der Waals surface area contributed by atoms with Gasteiger partial charge in [0.1, 0.15) is 0 Å². The first-order valence-corrected chi connectivity index (χ1v) is 8.93. The van der Waals surface area contributed by atoms with Crippen molar-refractivity contribution >= 4 is 17.8 Å². The normalized spacial score (nSPS) is 17.4. The Morgan fingerprint density at radius 2 is 1.58 bits per heavy atom. The van der Waals surface area contributed by atoms with Crippen molar-refractivity contribution in [2.24, 2.45) is 0 Å². The summed E-state index contributed by atoms with van der Waals surface area (Å²) in [6, 6.07) is 4.32. The fraction of sp³-hybridized carbons (Fsp3) is 0.526. The number of likely N-dealkylation sites (tertiary alicyclic amines) is 1. The van der Waals surface area contributed by atoms with Crippen molar-refractivity contribution in [1.82, 2.24) is 10.2 Å². The number of hydrogen-bond acceptors (Lipinski definition) is 6. The van der Waals surface area contributed by atoms with Crippen LogP contribution in [-0.4, -0.2) is 62.1 Å². The molecule has 1 heterocycles. The van der Waals surface area contributed by atoms with E-state index in [4.69, 9.17) is 9.47 Å². The summed E-state index contributed by atoms with van der Waals surface area (Å²) in [6.45, 7) is 5.59. The summed E-state index contributed by atoms with van der Waals surface area (Å²) in [5.41, 5.74) is 0.554. The molecule has 0 aliphatic carbocycles. The highest BCUT2D eigenvalue weighted by Crippen LogP contribution is 2.15. The monoisotopic (exact) mass is 362 g/mol. The Kier molecular flexibility index (Phi) is 7.15. The van der Waals surface area contributed by atoms with Crippen LogP contribution in [0.1, 0.15) is 57.8 Å². The molecule has 0 unspecified atom stereocenters. The van der Waals surface area contributed by atoms with E-state index < -0.39 is 11.9 Å². The predicted octanol–water partition coefficient (Wildman–Crippen LogP) is 1.86. The Morgan fingerprint density at radius 1 is 1.04 bits per heavy atom. The van der Waals surface area contributed by atoms with Crippen LogP contribution in [0.2, 0.25) is 0 Å². The van der Waals surface area contributed by atoms with Gasteiger partial charge in [-0.2, -0.15) is 0 Å². The number of likely N-dealkylation sites (N-methyl/N-ethyl adjacent to an activating group) is 1. The van der Waals surface area contributed by atoms with Crippen LogP contribution in [0.3, 0.4) is 0 Å². The number of carbonyl (C=O) groups is 3. The maximum Gasteiger partial charge on any atom is 0.338 e. The van der Waals surface area contributed by atoms with Crippen molar-refractivity contribution in [3.05, 3.63) is 34.9 Å². The Hall–Kier alpha value is -2.41. The van der Waals surface area contributed by atoms with E-state index in [2.05, 4.69) is 10.2 Å². The van der Waals surface area contributed by atoms with Crippen molar-refractivity contribution in [3.8, 4) is 0 Å². The zero-order chi connectivity index (χ0) is 19.1. The molecule has 1 aromatic rings. The third-order valence-electron chi connectivity index (χ3n) is 4.18. The molecule has 1 atom stereocenters.